The molecule has 0 fully saturated rings. The molecule has 0 heterocycles. The Kier molecular flexibility index (Phi) is 13.5. The molecule has 0 aromatic rings. The van der Waals surface area contributed by atoms with Crippen molar-refractivity contribution in [1.29, 1.82) is 0 Å². The average Bonchev–Trinajstić information content (AvgIpc) is 2.42. The van der Waals surface area contributed by atoms with E-state index in [1.807, 2.05) is 0 Å². The third kappa shape index (κ3) is 13.7. The van der Waals surface area contributed by atoms with Crippen LogP contribution in [0.2, 0.25) is 0 Å². The molecule has 112 valence electrons. The summed E-state index contributed by atoms with van der Waals surface area (Å²) in [5.74, 6) is -0.360. The molecule has 1 N–H and O–H groups in total. The van der Waals surface area contributed by atoms with Crippen LogP contribution < -0.4 is 5.32 Å². The van der Waals surface area contributed by atoms with E-state index in [0.29, 0.717) is 6.42 Å². The fourth-order valence-corrected chi connectivity index (χ4v) is 2.23. The Hall–Kier alpha value is -0.517. The van der Waals surface area contributed by atoms with Crippen molar-refractivity contribution in [2.24, 2.45) is 0 Å². The van der Waals surface area contributed by atoms with Gasteiger partial charge in [0.2, 0.25) is 0 Å². The molecule has 0 aromatic heterocycles. The number of hydrogen-bond donors (Lipinski definition) is 1. The fourth-order valence-electron chi connectivity index (χ4n) is 1.93. The van der Waals surface area contributed by atoms with Crippen molar-refractivity contribution in [2.75, 3.05) is 6.54 Å². The molecular weight excluding hydrogens is 303 g/mol. The van der Waals surface area contributed by atoms with Crippen molar-refractivity contribution < 1.29 is 13.4 Å². The van der Waals surface area contributed by atoms with Crippen molar-refractivity contribution in [3.8, 4) is 0 Å². The van der Waals surface area contributed by atoms with E-state index >= 15 is 0 Å². The summed E-state index contributed by atoms with van der Waals surface area (Å²) < 4.78 is 4.63. The number of carbonyl (C=O) groups excluding carboxylic acids is 2. The van der Waals surface area contributed by atoms with Gasteiger partial charge in [0.05, 0.1) is 0 Å². The predicted molar refractivity (Wildman–Crippen MR) is 80.9 cm³/mol. The monoisotopic (exact) mass is 333 g/mol. The molecule has 0 spiro atoms. The minimum atomic E-state index is -0.319. The first-order chi connectivity index (χ1) is 9.20. The first-order valence-corrected chi connectivity index (χ1v) is 9.25. The molecular formula is C14H29GeNO3. The van der Waals surface area contributed by atoms with Gasteiger partial charge in [0.15, 0.2) is 0 Å². The van der Waals surface area contributed by atoms with E-state index in [0.717, 1.165) is 12.8 Å². The van der Waals surface area contributed by atoms with Crippen LogP contribution in [0, 0.1) is 0 Å². The molecule has 1 amide bonds. The van der Waals surface area contributed by atoms with Crippen LogP contribution in [0.1, 0.15) is 71.1 Å². The molecule has 0 aromatic carbocycles. The predicted octanol–water partition coefficient (Wildman–Crippen LogP) is 1.85. The van der Waals surface area contributed by atoms with Crippen LogP contribution in [0.25, 0.3) is 0 Å². The SMILES string of the molecule is CCCCCCCCCCCC(=O)NCC(=O)[O][GeH3]. The van der Waals surface area contributed by atoms with Crippen LogP contribution in [0.5, 0.6) is 0 Å². The Morgan fingerprint density at radius 2 is 1.47 bits per heavy atom. The molecule has 4 nitrogen and oxygen atoms in total. The van der Waals surface area contributed by atoms with Gasteiger partial charge in [-0.25, -0.2) is 0 Å². The first-order valence-electron chi connectivity index (χ1n) is 7.54. The Morgan fingerprint density at radius 3 is 2.00 bits per heavy atom. The zero-order valence-corrected chi connectivity index (χ0v) is 16.7. The Bertz CT molecular complexity index is 247. The number of carbonyl (C=O) groups is 2. The summed E-state index contributed by atoms with van der Waals surface area (Å²) in [4.78, 5) is 22.2. The van der Waals surface area contributed by atoms with E-state index in [9.17, 15) is 9.59 Å². The molecule has 0 aliphatic carbocycles. The molecule has 0 saturated heterocycles. The molecule has 0 aliphatic heterocycles. The van der Waals surface area contributed by atoms with Gasteiger partial charge in [-0.2, -0.15) is 0 Å². The summed E-state index contributed by atoms with van der Waals surface area (Å²) in [6.07, 6.45) is 11.7. The second-order valence-electron chi connectivity index (χ2n) is 4.93. The first kappa shape index (κ1) is 18.5. The average molecular weight is 332 g/mol. The van der Waals surface area contributed by atoms with E-state index in [1.165, 1.54) is 44.9 Å². The third-order valence-corrected chi connectivity index (χ3v) is 4.12. The number of hydrogen-bond acceptors (Lipinski definition) is 3. The van der Waals surface area contributed by atoms with Crippen molar-refractivity contribution in [2.45, 2.75) is 71.1 Å². The summed E-state index contributed by atoms with van der Waals surface area (Å²) >= 11 is 0.0614. The van der Waals surface area contributed by atoms with Crippen LogP contribution in [0.3, 0.4) is 0 Å². The van der Waals surface area contributed by atoms with E-state index in [2.05, 4.69) is 16.0 Å². The molecule has 0 radical (unpaired) electrons. The molecule has 0 saturated carbocycles. The Balaban J connectivity index is 3.21. The van der Waals surface area contributed by atoms with Crippen LogP contribution in [0.4, 0.5) is 0 Å². The zero-order chi connectivity index (χ0) is 14.3. The van der Waals surface area contributed by atoms with Crippen molar-refractivity contribution >= 4 is 28.7 Å². The molecule has 0 unspecified atom stereocenters. The Morgan fingerprint density at radius 1 is 0.947 bits per heavy atom. The van der Waals surface area contributed by atoms with Crippen molar-refractivity contribution in [3.05, 3.63) is 0 Å². The van der Waals surface area contributed by atoms with Gasteiger partial charge < -0.3 is 0 Å². The van der Waals surface area contributed by atoms with E-state index < -0.39 is 0 Å². The summed E-state index contributed by atoms with van der Waals surface area (Å²) in [5, 5.41) is 2.58. The standard InChI is InChI=1S/C14H29GeNO3/c1-2-3-4-5-6-7-8-9-10-11-13(17)16-12-14(18)19-15/h2-12H2,1,15H3,(H,16,17). The molecule has 0 aliphatic rings. The minimum absolute atomic E-state index is 0.0258. The summed E-state index contributed by atoms with van der Waals surface area (Å²) in [5.41, 5.74) is 0. The van der Waals surface area contributed by atoms with Gasteiger partial charge in [-0.05, 0) is 0 Å². The van der Waals surface area contributed by atoms with Crippen LogP contribution >= 0.6 is 0 Å². The van der Waals surface area contributed by atoms with Crippen molar-refractivity contribution in [1.82, 2.24) is 5.32 Å². The van der Waals surface area contributed by atoms with Gasteiger partial charge in [0.1, 0.15) is 0 Å². The zero-order valence-electron chi connectivity index (χ0n) is 12.5. The third-order valence-electron chi connectivity index (χ3n) is 3.16. The topological polar surface area (TPSA) is 55.4 Å². The van der Waals surface area contributed by atoms with Gasteiger partial charge in [-0.1, -0.05) is 26.2 Å². The number of amides is 1. The number of rotatable bonds is 12. The van der Waals surface area contributed by atoms with E-state index in [4.69, 9.17) is 0 Å². The van der Waals surface area contributed by atoms with Gasteiger partial charge in [-0.15, -0.1) is 0 Å². The van der Waals surface area contributed by atoms with Gasteiger partial charge in [0, 0.05) is 0 Å². The second-order valence-corrected chi connectivity index (χ2v) is 5.79. The van der Waals surface area contributed by atoms with Crippen LogP contribution in [-0.4, -0.2) is 35.3 Å². The molecule has 0 bridgehead atoms. The normalized spacial score (nSPS) is 10.4. The summed E-state index contributed by atoms with van der Waals surface area (Å²) in [6, 6.07) is 0. The maximum absolute atomic E-state index is 11.4. The van der Waals surface area contributed by atoms with Crippen molar-refractivity contribution in [3.63, 3.8) is 0 Å². The summed E-state index contributed by atoms with van der Waals surface area (Å²) in [6.45, 7) is 2.26. The number of unbranched alkanes of at least 4 members (excludes halogenated alkanes) is 8. The van der Waals surface area contributed by atoms with Crippen LogP contribution in [-0.2, 0) is 13.4 Å². The summed E-state index contributed by atoms with van der Waals surface area (Å²) in [7, 11) is 0. The molecule has 0 atom stereocenters. The van der Waals surface area contributed by atoms with Gasteiger partial charge in [-0.3, -0.25) is 0 Å². The van der Waals surface area contributed by atoms with Gasteiger partial charge >= 0.3 is 98.9 Å². The molecule has 5 heteroatoms. The molecule has 19 heavy (non-hydrogen) atoms. The second kappa shape index (κ2) is 13.9. The number of nitrogens with one attached hydrogen (secondary N) is 1. The maximum atomic E-state index is 11.4. The quantitative estimate of drug-likeness (QED) is 0.438. The Labute approximate surface area is 125 Å². The van der Waals surface area contributed by atoms with Gasteiger partial charge in [0.25, 0.3) is 0 Å². The fraction of sp³-hybridized carbons (Fsp3) is 0.857. The molecule has 0 rings (SSSR count). The van der Waals surface area contributed by atoms with E-state index in [-0.39, 0.29) is 35.3 Å². The van der Waals surface area contributed by atoms with Crippen LogP contribution in [0.15, 0.2) is 0 Å². The van der Waals surface area contributed by atoms with E-state index in [1.54, 1.807) is 0 Å².